The molecule has 0 unspecified atom stereocenters. The lowest BCUT2D eigenvalue weighted by Gasteiger charge is -2.25. The third-order valence-corrected chi connectivity index (χ3v) is 5.05. The molecule has 1 aromatic carbocycles. The molecule has 1 amide bonds. The maximum absolute atomic E-state index is 12.1. The standard InChI is InChI=1S/C17H15ClN4OS/c18-12-4-1-3-11(7-12)9-19-16-10-20-17(23)14-8-13(21-22(14)16)15-5-2-6-24-15/h1-8,16,19H,9-10H2,(H,20,23)/t16-/m0/s1. The Hall–Kier alpha value is -2.15. The summed E-state index contributed by atoms with van der Waals surface area (Å²) in [5.74, 6) is -0.0916. The summed E-state index contributed by atoms with van der Waals surface area (Å²) in [7, 11) is 0. The van der Waals surface area contributed by atoms with Crippen molar-refractivity contribution in [1.29, 1.82) is 0 Å². The maximum atomic E-state index is 12.1. The number of nitrogens with one attached hydrogen (secondary N) is 2. The van der Waals surface area contributed by atoms with Crippen LogP contribution in [0.1, 0.15) is 22.2 Å². The molecule has 2 N–H and O–H groups in total. The van der Waals surface area contributed by atoms with E-state index in [1.807, 2.05) is 47.8 Å². The van der Waals surface area contributed by atoms with Gasteiger partial charge in [-0.3, -0.25) is 10.1 Å². The normalized spacial score (nSPS) is 16.7. The third kappa shape index (κ3) is 2.96. The Kier molecular flexibility index (Phi) is 4.10. The van der Waals surface area contributed by atoms with E-state index in [9.17, 15) is 4.79 Å². The number of fused-ring (bicyclic) bond motifs is 1. The van der Waals surface area contributed by atoms with E-state index in [1.165, 1.54) is 0 Å². The van der Waals surface area contributed by atoms with Crippen molar-refractivity contribution >= 4 is 28.8 Å². The largest absolute Gasteiger partial charge is 0.347 e. The molecule has 5 nitrogen and oxygen atoms in total. The Morgan fingerprint density at radius 1 is 1.33 bits per heavy atom. The number of aromatic nitrogens is 2. The quantitative estimate of drug-likeness (QED) is 0.752. The molecule has 122 valence electrons. The smallest absolute Gasteiger partial charge is 0.269 e. The zero-order valence-corrected chi connectivity index (χ0v) is 14.3. The molecule has 7 heteroatoms. The summed E-state index contributed by atoms with van der Waals surface area (Å²) < 4.78 is 1.78. The number of rotatable bonds is 4. The highest BCUT2D eigenvalue weighted by Gasteiger charge is 2.27. The number of hydrogen-bond acceptors (Lipinski definition) is 4. The SMILES string of the molecule is O=C1NC[C@@H](NCc2cccc(Cl)c2)n2nc(-c3cccs3)cc21. The van der Waals surface area contributed by atoms with Crippen LogP contribution in [-0.2, 0) is 6.54 Å². The third-order valence-electron chi connectivity index (χ3n) is 3.92. The first-order chi connectivity index (χ1) is 11.7. The van der Waals surface area contributed by atoms with Crippen molar-refractivity contribution in [2.75, 3.05) is 6.54 Å². The highest BCUT2D eigenvalue weighted by atomic mass is 35.5. The summed E-state index contributed by atoms with van der Waals surface area (Å²) >= 11 is 7.64. The van der Waals surface area contributed by atoms with Gasteiger partial charge in [-0.1, -0.05) is 29.8 Å². The second-order valence-electron chi connectivity index (χ2n) is 5.57. The summed E-state index contributed by atoms with van der Waals surface area (Å²) in [6.45, 7) is 1.15. The first-order valence-electron chi connectivity index (χ1n) is 7.60. The van der Waals surface area contributed by atoms with E-state index >= 15 is 0 Å². The first kappa shape index (κ1) is 15.4. The van der Waals surface area contributed by atoms with E-state index in [2.05, 4.69) is 15.7 Å². The summed E-state index contributed by atoms with van der Waals surface area (Å²) in [5, 5.41) is 13.7. The van der Waals surface area contributed by atoms with Gasteiger partial charge in [0.15, 0.2) is 0 Å². The van der Waals surface area contributed by atoms with Crippen molar-refractivity contribution in [3.8, 4) is 10.6 Å². The topological polar surface area (TPSA) is 59.0 Å². The number of halogens is 1. The Morgan fingerprint density at radius 2 is 2.25 bits per heavy atom. The molecule has 0 saturated heterocycles. The molecule has 2 aromatic heterocycles. The molecule has 0 saturated carbocycles. The molecular weight excluding hydrogens is 344 g/mol. The minimum atomic E-state index is -0.0922. The molecule has 1 aliphatic rings. The van der Waals surface area contributed by atoms with Crippen LogP contribution in [0, 0.1) is 0 Å². The van der Waals surface area contributed by atoms with Gasteiger partial charge in [-0.15, -0.1) is 11.3 Å². The maximum Gasteiger partial charge on any atom is 0.269 e. The van der Waals surface area contributed by atoms with Crippen molar-refractivity contribution in [1.82, 2.24) is 20.4 Å². The molecule has 4 rings (SSSR count). The average Bonchev–Trinajstić information content (AvgIpc) is 3.24. The Morgan fingerprint density at radius 3 is 3.04 bits per heavy atom. The Balaban J connectivity index is 1.58. The second-order valence-corrected chi connectivity index (χ2v) is 6.96. The molecular formula is C17H15ClN4OS. The van der Waals surface area contributed by atoms with Crippen molar-refractivity contribution in [3.63, 3.8) is 0 Å². The molecule has 1 aliphatic heterocycles. The minimum absolute atomic E-state index is 0.0916. The molecule has 24 heavy (non-hydrogen) atoms. The fourth-order valence-corrected chi connectivity index (χ4v) is 3.65. The van der Waals surface area contributed by atoms with Crippen LogP contribution in [-0.4, -0.2) is 22.2 Å². The van der Waals surface area contributed by atoms with E-state index in [0.29, 0.717) is 23.8 Å². The van der Waals surface area contributed by atoms with Crippen molar-refractivity contribution in [2.24, 2.45) is 0 Å². The van der Waals surface area contributed by atoms with Crippen molar-refractivity contribution < 1.29 is 4.79 Å². The lowest BCUT2D eigenvalue weighted by Crippen LogP contribution is -2.45. The number of benzene rings is 1. The van der Waals surface area contributed by atoms with Gasteiger partial charge in [-0.25, -0.2) is 4.68 Å². The monoisotopic (exact) mass is 358 g/mol. The fourth-order valence-electron chi connectivity index (χ4n) is 2.75. The van der Waals surface area contributed by atoms with Crippen LogP contribution in [0.15, 0.2) is 47.8 Å². The van der Waals surface area contributed by atoms with Gasteiger partial charge in [0.1, 0.15) is 17.6 Å². The average molecular weight is 359 g/mol. The van der Waals surface area contributed by atoms with E-state index < -0.39 is 0 Å². The number of thiophene rings is 1. The first-order valence-corrected chi connectivity index (χ1v) is 8.86. The van der Waals surface area contributed by atoms with Gasteiger partial charge in [-0.05, 0) is 35.2 Å². The lowest BCUT2D eigenvalue weighted by molar-refractivity contribution is 0.0900. The number of amides is 1. The Labute approximate surface area is 148 Å². The molecule has 0 radical (unpaired) electrons. The van der Waals surface area contributed by atoms with Crippen LogP contribution in [0.5, 0.6) is 0 Å². The van der Waals surface area contributed by atoms with Crippen LogP contribution >= 0.6 is 22.9 Å². The molecule has 3 heterocycles. The number of carbonyl (C=O) groups is 1. The van der Waals surface area contributed by atoms with Gasteiger partial charge in [-0.2, -0.15) is 5.10 Å². The molecule has 0 aliphatic carbocycles. The van der Waals surface area contributed by atoms with Crippen LogP contribution in [0.25, 0.3) is 10.6 Å². The van der Waals surface area contributed by atoms with Crippen molar-refractivity contribution in [3.05, 3.63) is 64.1 Å². The zero-order valence-electron chi connectivity index (χ0n) is 12.7. The lowest BCUT2D eigenvalue weighted by atomic mass is 10.2. The highest BCUT2D eigenvalue weighted by Crippen LogP contribution is 2.26. The van der Waals surface area contributed by atoms with Crippen molar-refractivity contribution in [2.45, 2.75) is 12.7 Å². The predicted molar refractivity (Wildman–Crippen MR) is 95.2 cm³/mol. The van der Waals surface area contributed by atoms with Gasteiger partial charge < -0.3 is 5.32 Å². The number of carbonyl (C=O) groups excluding carboxylic acids is 1. The molecule has 3 aromatic rings. The van der Waals surface area contributed by atoms with Crippen LogP contribution < -0.4 is 10.6 Å². The number of nitrogens with zero attached hydrogens (tertiary/aromatic N) is 2. The van der Waals surface area contributed by atoms with E-state index in [1.54, 1.807) is 16.0 Å². The van der Waals surface area contributed by atoms with Gasteiger partial charge in [0.2, 0.25) is 0 Å². The Bertz CT molecular complexity index is 875. The van der Waals surface area contributed by atoms with E-state index in [-0.39, 0.29) is 12.1 Å². The zero-order chi connectivity index (χ0) is 16.5. The van der Waals surface area contributed by atoms with Crippen LogP contribution in [0.4, 0.5) is 0 Å². The summed E-state index contributed by atoms with van der Waals surface area (Å²) in [6, 6.07) is 13.5. The number of hydrogen-bond donors (Lipinski definition) is 2. The molecule has 0 bridgehead atoms. The fraction of sp³-hybridized carbons (Fsp3) is 0.176. The molecule has 0 spiro atoms. The van der Waals surface area contributed by atoms with E-state index in [4.69, 9.17) is 11.6 Å². The van der Waals surface area contributed by atoms with Crippen LogP contribution in [0.3, 0.4) is 0 Å². The summed E-state index contributed by atoms with van der Waals surface area (Å²) in [4.78, 5) is 13.2. The predicted octanol–water partition coefficient (Wildman–Crippen LogP) is 3.30. The van der Waals surface area contributed by atoms with Gasteiger partial charge in [0.25, 0.3) is 5.91 Å². The van der Waals surface area contributed by atoms with Gasteiger partial charge >= 0.3 is 0 Å². The minimum Gasteiger partial charge on any atom is -0.347 e. The highest BCUT2D eigenvalue weighted by molar-refractivity contribution is 7.13. The van der Waals surface area contributed by atoms with Crippen LogP contribution in [0.2, 0.25) is 5.02 Å². The molecule has 0 fully saturated rings. The summed E-state index contributed by atoms with van der Waals surface area (Å²) in [5.41, 5.74) is 2.49. The van der Waals surface area contributed by atoms with Gasteiger partial charge in [0, 0.05) is 11.6 Å². The van der Waals surface area contributed by atoms with E-state index in [0.717, 1.165) is 16.1 Å². The van der Waals surface area contributed by atoms with Gasteiger partial charge in [0.05, 0.1) is 11.4 Å². The molecule has 1 atom stereocenters. The summed E-state index contributed by atoms with van der Waals surface area (Å²) in [6.07, 6.45) is -0.0922. The second kappa shape index (κ2) is 6.39.